The topological polar surface area (TPSA) is 12.5 Å². The van der Waals surface area contributed by atoms with Gasteiger partial charge in [-0.15, -0.1) is 0 Å². The monoisotopic (exact) mass is 212 g/mol. The van der Waals surface area contributed by atoms with E-state index in [2.05, 4.69) is 13.8 Å². The van der Waals surface area contributed by atoms with Crippen molar-refractivity contribution in [2.45, 2.75) is 77.7 Å². The van der Waals surface area contributed by atoms with Gasteiger partial charge >= 0.3 is 0 Å². The van der Waals surface area contributed by atoms with E-state index < -0.39 is 0 Å². The van der Waals surface area contributed by atoms with Crippen molar-refractivity contribution in [2.75, 3.05) is 6.61 Å². The maximum absolute atomic E-state index is 5.29. The zero-order valence-electron chi connectivity index (χ0n) is 10.6. The maximum Gasteiger partial charge on any atom is 0.0835 e. The number of ether oxygens (including phenoxy) is 1. The molecule has 0 aromatic carbocycles. The van der Waals surface area contributed by atoms with Crippen molar-refractivity contribution in [3.8, 4) is 0 Å². The van der Waals surface area contributed by atoms with Gasteiger partial charge in [0.25, 0.3) is 0 Å². The molecular weight excluding hydrogens is 184 g/mol. The smallest absolute Gasteiger partial charge is 0.0835 e. The van der Waals surface area contributed by atoms with Crippen molar-refractivity contribution in [3.63, 3.8) is 0 Å². The van der Waals surface area contributed by atoms with E-state index in [9.17, 15) is 0 Å². The molecule has 0 bridgehead atoms. The minimum atomic E-state index is 0.620. The van der Waals surface area contributed by atoms with Crippen molar-refractivity contribution in [2.24, 2.45) is 5.92 Å². The fourth-order valence-electron chi connectivity index (χ4n) is 2.17. The van der Waals surface area contributed by atoms with Gasteiger partial charge in [-0.3, -0.25) is 0 Å². The minimum Gasteiger partial charge on any atom is -0.373 e. The van der Waals surface area contributed by atoms with Crippen LogP contribution in [0.1, 0.15) is 71.6 Å². The summed E-state index contributed by atoms with van der Waals surface area (Å²) in [5.41, 5.74) is 0. The molecule has 0 N–H and O–H groups in total. The Balaban J connectivity index is 1.72. The summed E-state index contributed by atoms with van der Waals surface area (Å²) in [5.74, 6) is 0.810. The van der Waals surface area contributed by atoms with E-state index in [1.165, 1.54) is 57.8 Å². The van der Waals surface area contributed by atoms with Gasteiger partial charge in [0.05, 0.1) is 12.7 Å². The van der Waals surface area contributed by atoms with Crippen LogP contribution in [-0.2, 0) is 4.74 Å². The van der Waals surface area contributed by atoms with E-state index in [-0.39, 0.29) is 0 Å². The SMILES string of the molecule is CCCCCCCCCCC(C)C1CO1. The van der Waals surface area contributed by atoms with Gasteiger partial charge in [-0.25, -0.2) is 0 Å². The highest BCUT2D eigenvalue weighted by atomic mass is 16.6. The van der Waals surface area contributed by atoms with E-state index in [4.69, 9.17) is 4.74 Å². The van der Waals surface area contributed by atoms with Gasteiger partial charge in [-0.2, -0.15) is 0 Å². The first-order valence-electron chi connectivity index (χ1n) is 6.96. The Morgan fingerprint density at radius 2 is 1.53 bits per heavy atom. The third-order valence-corrected chi connectivity index (χ3v) is 3.51. The van der Waals surface area contributed by atoms with Crippen LogP contribution in [0.2, 0.25) is 0 Å². The highest BCUT2D eigenvalue weighted by molar-refractivity contribution is 4.75. The highest BCUT2D eigenvalue weighted by Crippen LogP contribution is 2.24. The number of rotatable bonds is 10. The lowest BCUT2D eigenvalue weighted by atomic mass is 9.99. The second-order valence-electron chi connectivity index (χ2n) is 5.11. The van der Waals surface area contributed by atoms with Crippen molar-refractivity contribution in [1.82, 2.24) is 0 Å². The first kappa shape index (κ1) is 13.0. The van der Waals surface area contributed by atoms with Gasteiger partial charge in [-0.05, 0) is 12.3 Å². The molecule has 0 spiro atoms. The molecule has 1 saturated heterocycles. The Labute approximate surface area is 95.6 Å². The lowest BCUT2D eigenvalue weighted by Crippen LogP contribution is -2.02. The van der Waals surface area contributed by atoms with Gasteiger partial charge in [0.2, 0.25) is 0 Å². The molecule has 2 unspecified atom stereocenters. The zero-order chi connectivity index (χ0) is 10.9. The molecule has 90 valence electrons. The average Bonchev–Trinajstić information content (AvgIpc) is 3.05. The molecule has 1 nitrogen and oxygen atoms in total. The van der Waals surface area contributed by atoms with Crippen molar-refractivity contribution in [3.05, 3.63) is 0 Å². The Morgan fingerprint density at radius 1 is 1.00 bits per heavy atom. The second-order valence-corrected chi connectivity index (χ2v) is 5.11. The van der Waals surface area contributed by atoms with Crippen LogP contribution in [0.5, 0.6) is 0 Å². The number of hydrogen-bond acceptors (Lipinski definition) is 1. The molecule has 0 amide bonds. The molecule has 0 aromatic rings. The Hall–Kier alpha value is -0.0400. The molecule has 1 aliphatic heterocycles. The number of unbranched alkanes of at least 4 members (excludes halogenated alkanes) is 7. The van der Waals surface area contributed by atoms with Crippen LogP contribution in [-0.4, -0.2) is 12.7 Å². The largest absolute Gasteiger partial charge is 0.373 e. The summed E-state index contributed by atoms with van der Waals surface area (Å²) < 4.78 is 5.29. The van der Waals surface area contributed by atoms with Crippen LogP contribution in [0.4, 0.5) is 0 Å². The molecule has 0 saturated carbocycles. The van der Waals surface area contributed by atoms with E-state index in [0.717, 1.165) is 12.5 Å². The summed E-state index contributed by atoms with van der Waals surface area (Å²) in [6, 6.07) is 0. The molecule has 0 aliphatic carbocycles. The van der Waals surface area contributed by atoms with Crippen LogP contribution in [0.25, 0.3) is 0 Å². The third kappa shape index (κ3) is 6.94. The predicted molar refractivity (Wildman–Crippen MR) is 66.1 cm³/mol. The molecule has 15 heavy (non-hydrogen) atoms. The predicted octanol–water partition coefficient (Wildman–Crippen LogP) is 4.55. The molecule has 2 atom stereocenters. The average molecular weight is 212 g/mol. The molecule has 1 aliphatic rings. The van der Waals surface area contributed by atoms with Gasteiger partial charge in [-0.1, -0.05) is 65.2 Å². The summed E-state index contributed by atoms with van der Waals surface area (Å²) >= 11 is 0. The first-order chi connectivity index (χ1) is 7.34. The number of hydrogen-bond donors (Lipinski definition) is 0. The highest BCUT2D eigenvalue weighted by Gasteiger charge is 2.28. The Kier molecular flexibility index (Phi) is 7.08. The molecule has 0 aromatic heterocycles. The summed E-state index contributed by atoms with van der Waals surface area (Å²) in [7, 11) is 0. The van der Waals surface area contributed by atoms with Crippen molar-refractivity contribution in [1.29, 1.82) is 0 Å². The number of epoxide rings is 1. The van der Waals surface area contributed by atoms with E-state index in [1.54, 1.807) is 0 Å². The van der Waals surface area contributed by atoms with Gasteiger partial charge in [0.1, 0.15) is 0 Å². The summed E-state index contributed by atoms with van der Waals surface area (Å²) in [6.07, 6.45) is 13.4. The molecular formula is C14H28O. The summed E-state index contributed by atoms with van der Waals surface area (Å²) in [5, 5.41) is 0. The van der Waals surface area contributed by atoms with Crippen LogP contribution < -0.4 is 0 Å². The standard InChI is InChI=1S/C14H28O/c1-3-4-5-6-7-8-9-10-11-13(2)14-12-15-14/h13-14H,3-12H2,1-2H3. The third-order valence-electron chi connectivity index (χ3n) is 3.51. The summed E-state index contributed by atoms with van der Waals surface area (Å²) in [4.78, 5) is 0. The minimum absolute atomic E-state index is 0.620. The maximum atomic E-state index is 5.29. The Morgan fingerprint density at radius 3 is 2.07 bits per heavy atom. The van der Waals surface area contributed by atoms with Crippen LogP contribution in [0.3, 0.4) is 0 Å². The fraction of sp³-hybridized carbons (Fsp3) is 1.00. The molecule has 1 heteroatoms. The molecule has 1 fully saturated rings. The van der Waals surface area contributed by atoms with Gasteiger partial charge in [0, 0.05) is 0 Å². The van der Waals surface area contributed by atoms with E-state index >= 15 is 0 Å². The van der Waals surface area contributed by atoms with E-state index in [0.29, 0.717) is 6.10 Å². The van der Waals surface area contributed by atoms with Crippen LogP contribution in [0, 0.1) is 5.92 Å². The van der Waals surface area contributed by atoms with Crippen LogP contribution in [0.15, 0.2) is 0 Å². The van der Waals surface area contributed by atoms with Gasteiger partial charge in [0.15, 0.2) is 0 Å². The quantitative estimate of drug-likeness (QED) is 0.382. The lowest BCUT2D eigenvalue weighted by Gasteiger charge is -2.07. The second kappa shape index (κ2) is 8.15. The lowest BCUT2D eigenvalue weighted by molar-refractivity contribution is 0.324. The normalized spacial score (nSPS) is 21.6. The fourth-order valence-corrected chi connectivity index (χ4v) is 2.17. The van der Waals surface area contributed by atoms with Crippen molar-refractivity contribution >= 4 is 0 Å². The van der Waals surface area contributed by atoms with Crippen molar-refractivity contribution < 1.29 is 4.74 Å². The summed E-state index contributed by atoms with van der Waals surface area (Å²) in [6.45, 7) is 5.64. The van der Waals surface area contributed by atoms with Gasteiger partial charge < -0.3 is 4.74 Å². The molecule has 0 radical (unpaired) electrons. The van der Waals surface area contributed by atoms with Crippen LogP contribution >= 0.6 is 0 Å². The Bertz CT molecular complexity index is 140. The first-order valence-corrected chi connectivity index (χ1v) is 6.96. The molecule has 1 heterocycles. The molecule has 1 rings (SSSR count). The van der Waals surface area contributed by atoms with E-state index in [1.807, 2.05) is 0 Å². The zero-order valence-corrected chi connectivity index (χ0v) is 10.6.